The summed E-state index contributed by atoms with van der Waals surface area (Å²) in [7, 11) is 0. The summed E-state index contributed by atoms with van der Waals surface area (Å²) in [5, 5.41) is 44.0. The first-order valence-electron chi connectivity index (χ1n) is 24.6. The average Bonchev–Trinajstić information content (AvgIpc) is 4.02. The van der Waals surface area contributed by atoms with Gasteiger partial charge in [-0.1, -0.05) is 127 Å². The van der Waals surface area contributed by atoms with Crippen LogP contribution in [0, 0.1) is 45.3 Å². The quantitative estimate of drug-likeness (QED) is 0.147. The summed E-state index contributed by atoms with van der Waals surface area (Å²) in [5.74, 6) is 1.53. The fraction of sp³-hybridized carbons (Fsp3) is 0. The zero-order valence-electron chi connectivity index (χ0n) is 40.4. The van der Waals surface area contributed by atoms with Crippen molar-refractivity contribution in [1.29, 1.82) is 21.0 Å². The maximum atomic E-state index is 9.98. The highest BCUT2D eigenvalue weighted by Crippen LogP contribution is 2.42. The molecule has 3 aromatic heterocycles. The first-order valence-corrected chi connectivity index (χ1v) is 24.6. The van der Waals surface area contributed by atoms with E-state index in [1.807, 2.05) is 78.9 Å². The third kappa shape index (κ3) is 7.75. The number of benzene rings is 10. The van der Waals surface area contributed by atoms with Gasteiger partial charge >= 0.3 is 0 Å². The van der Waals surface area contributed by atoms with E-state index in [2.05, 4.69) is 143 Å². The van der Waals surface area contributed by atoms with Crippen molar-refractivity contribution in [2.45, 2.75) is 0 Å². The van der Waals surface area contributed by atoms with Crippen LogP contribution < -0.4 is 0 Å². The summed E-state index contributed by atoms with van der Waals surface area (Å²) < 4.78 is 4.56. The molecule has 0 aliphatic carbocycles. The molecule has 350 valence electrons. The van der Waals surface area contributed by atoms with Crippen molar-refractivity contribution in [3.05, 3.63) is 247 Å². The molecule has 0 unspecified atom stereocenters. The number of hydrogen-bond acceptors (Lipinski definition) is 7. The molecule has 0 amide bonds. The van der Waals surface area contributed by atoms with Crippen LogP contribution >= 0.6 is 0 Å². The topological polar surface area (TPSA) is 144 Å². The van der Waals surface area contributed by atoms with E-state index in [0.29, 0.717) is 39.7 Å². The SMILES string of the molecule is N#Cc1cc(C#N)cc(-c2ccc3c(c2)c2cc(-c4cc(C#N)cc(C#N)c4)ccc2n3-c2ccc(-c3ccc4c5ccccc5n(-c5ccccc5)c4c3)cc2-c2nc(-c3ccccc3)nc(-c3ccccc3)n2)c1. The van der Waals surface area contributed by atoms with Gasteiger partial charge in [-0.3, -0.25) is 0 Å². The minimum atomic E-state index is 0.386. The molecule has 13 aromatic rings. The molecule has 0 fully saturated rings. The molecule has 76 heavy (non-hydrogen) atoms. The Hall–Kier alpha value is -11.2. The molecule has 0 bridgehead atoms. The molecule has 13 rings (SSSR count). The highest BCUT2D eigenvalue weighted by molar-refractivity contribution is 6.13. The van der Waals surface area contributed by atoms with Crippen molar-refractivity contribution < 1.29 is 0 Å². The van der Waals surface area contributed by atoms with E-state index in [4.69, 9.17) is 15.0 Å². The van der Waals surface area contributed by atoms with Gasteiger partial charge in [-0.2, -0.15) is 21.0 Å². The van der Waals surface area contributed by atoms with Crippen LogP contribution in [0.4, 0.5) is 0 Å². The lowest BCUT2D eigenvalue weighted by molar-refractivity contribution is 1.06. The lowest BCUT2D eigenvalue weighted by Crippen LogP contribution is -2.04. The first kappa shape index (κ1) is 44.7. The van der Waals surface area contributed by atoms with Crippen LogP contribution in [-0.4, -0.2) is 24.1 Å². The van der Waals surface area contributed by atoms with Crippen molar-refractivity contribution in [2.24, 2.45) is 0 Å². The molecule has 10 aromatic carbocycles. The smallest absolute Gasteiger partial charge is 0.166 e. The monoisotopic (exact) mass is 967 g/mol. The van der Waals surface area contributed by atoms with Gasteiger partial charge in [0, 0.05) is 43.9 Å². The molecule has 0 spiro atoms. The first-order chi connectivity index (χ1) is 37.4. The van der Waals surface area contributed by atoms with Gasteiger partial charge in [0.05, 0.1) is 74.3 Å². The molecular weight excluding hydrogens is 931 g/mol. The Morgan fingerprint density at radius 3 is 1.24 bits per heavy atom. The minimum absolute atomic E-state index is 0.386. The summed E-state index contributed by atoms with van der Waals surface area (Å²) in [6, 6.07) is 83.6. The van der Waals surface area contributed by atoms with Gasteiger partial charge < -0.3 is 9.13 Å². The maximum absolute atomic E-state index is 9.98. The fourth-order valence-corrected chi connectivity index (χ4v) is 10.5. The molecule has 0 saturated heterocycles. The molecule has 0 atom stereocenters. The Bertz CT molecular complexity index is 4420. The largest absolute Gasteiger partial charge is 0.309 e. The summed E-state index contributed by atoms with van der Waals surface area (Å²) in [6.07, 6.45) is 0. The van der Waals surface area contributed by atoms with Crippen molar-refractivity contribution in [3.63, 3.8) is 0 Å². The molecule has 0 radical (unpaired) electrons. The van der Waals surface area contributed by atoms with E-state index in [-0.39, 0.29) is 0 Å². The number of fused-ring (bicyclic) bond motifs is 6. The predicted molar refractivity (Wildman–Crippen MR) is 300 cm³/mol. The van der Waals surface area contributed by atoms with Crippen molar-refractivity contribution in [1.82, 2.24) is 24.1 Å². The van der Waals surface area contributed by atoms with Crippen LogP contribution in [0.15, 0.2) is 224 Å². The van der Waals surface area contributed by atoms with Gasteiger partial charge in [0.25, 0.3) is 0 Å². The van der Waals surface area contributed by atoms with Crippen molar-refractivity contribution >= 4 is 43.6 Å². The van der Waals surface area contributed by atoms with Gasteiger partial charge in [0.1, 0.15) is 0 Å². The van der Waals surface area contributed by atoms with Gasteiger partial charge in [-0.05, 0) is 130 Å². The minimum Gasteiger partial charge on any atom is -0.309 e. The number of para-hydroxylation sites is 2. The fourth-order valence-electron chi connectivity index (χ4n) is 10.5. The molecule has 9 nitrogen and oxygen atoms in total. The number of hydrogen-bond donors (Lipinski definition) is 0. The Morgan fingerprint density at radius 1 is 0.276 bits per heavy atom. The average molecular weight is 968 g/mol. The van der Waals surface area contributed by atoms with E-state index in [0.717, 1.165) is 99.7 Å². The normalized spacial score (nSPS) is 11.1. The van der Waals surface area contributed by atoms with Gasteiger partial charge in [0.15, 0.2) is 17.5 Å². The van der Waals surface area contributed by atoms with E-state index in [1.54, 1.807) is 36.4 Å². The molecule has 0 saturated carbocycles. The highest BCUT2D eigenvalue weighted by Gasteiger charge is 2.23. The second kappa shape index (κ2) is 18.4. The lowest BCUT2D eigenvalue weighted by Gasteiger charge is -2.17. The van der Waals surface area contributed by atoms with Crippen LogP contribution in [0.2, 0.25) is 0 Å². The zero-order valence-corrected chi connectivity index (χ0v) is 40.4. The van der Waals surface area contributed by atoms with Gasteiger partial charge in [0.2, 0.25) is 0 Å². The number of nitriles is 4. The summed E-state index contributed by atoms with van der Waals surface area (Å²) >= 11 is 0. The summed E-state index contributed by atoms with van der Waals surface area (Å²) in [5.41, 5.74) is 14.9. The van der Waals surface area contributed by atoms with Crippen molar-refractivity contribution in [2.75, 3.05) is 0 Å². The van der Waals surface area contributed by atoms with Crippen LogP contribution in [0.25, 0.3) is 123 Å². The zero-order chi connectivity index (χ0) is 51.3. The molecule has 0 aliphatic rings. The van der Waals surface area contributed by atoms with E-state index >= 15 is 0 Å². The number of rotatable bonds is 8. The van der Waals surface area contributed by atoms with Gasteiger partial charge in [-0.15, -0.1) is 0 Å². The Labute approximate surface area is 436 Å². The van der Waals surface area contributed by atoms with Crippen molar-refractivity contribution in [3.8, 4) is 103 Å². The predicted octanol–water partition coefficient (Wildman–Crippen LogP) is 15.6. The van der Waals surface area contributed by atoms with Crippen LogP contribution in [0.1, 0.15) is 22.3 Å². The Balaban J connectivity index is 1.10. The number of aromatic nitrogens is 5. The summed E-state index contributed by atoms with van der Waals surface area (Å²) in [4.78, 5) is 15.7. The van der Waals surface area contributed by atoms with E-state index < -0.39 is 0 Å². The Morgan fingerprint density at radius 2 is 0.697 bits per heavy atom. The Kier molecular flexibility index (Phi) is 10.8. The third-order valence-corrected chi connectivity index (χ3v) is 14.0. The standard InChI is InChI=1S/C67H37N9/c68-38-42-28-43(39-69)31-52(30-42)49-22-25-61-57(34-49)58-35-50(53-32-44(40-70)29-45(33-53)41-71)23-26-62(58)76(61)63-27-21-48(51-20-24-56-55-18-10-11-19-60(55)75(64(56)37-51)54-16-8-3-9-17-54)36-59(63)67-73-65(46-12-4-1-5-13-46)72-66(74-67)47-14-6-2-7-15-47/h1-37H. The van der Waals surface area contributed by atoms with Crippen LogP contribution in [0.5, 0.6) is 0 Å². The molecule has 9 heteroatoms. The molecule has 0 aliphatic heterocycles. The van der Waals surface area contributed by atoms with Crippen LogP contribution in [0.3, 0.4) is 0 Å². The molecular formula is C67H37N9. The second-order valence-electron chi connectivity index (χ2n) is 18.5. The highest BCUT2D eigenvalue weighted by atomic mass is 15.1. The maximum Gasteiger partial charge on any atom is 0.166 e. The second-order valence-corrected chi connectivity index (χ2v) is 18.5. The van der Waals surface area contributed by atoms with E-state index in [1.165, 1.54) is 5.39 Å². The summed E-state index contributed by atoms with van der Waals surface area (Å²) in [6.45, 7) is 0. The molecule has 3 heterocycles. The molecule has 0 N–H and O–H groups in total. The van der Waals surface area contributed by atoms with Crippen LogP contribution in [-0.2, 0) is 0 Å². The third-order valence-electron chi connectivity index (χ3n) is 14.0. The lowest BCUT2D eigenvalue weighted by atomic mass is 9.97. The van der Waals surface area contributed by atoms with Gasteiger partial charge in [-0.25, -0.2) is 15.0 Å². The van der Waals surface area contributed by atoms with E-state index in [9.17, 15) is 21.0 Å². The number of nitrogens with zero attached hydrogens (tertiary/aromatic N) is 9.